The molecule has 0 unspecified atom stereocenters. The summed E-state index contributed by atoms with van der Waals surface area (Å²) < 4.78 is 0. The van der Waals surface area contributed by atoms with Crippen LogP contribution in [0.5, 0.6) is 0 Å². The zero-order valence-corrected chi connectivity index (χ0v) is 8.35. The van der Waals surface area contributed by atoms with Crippen LogP contribution < -0.4 is 0 Å². The van der Waals surface area contributed by atoms with E-state index in [1.807, 2.05) is 18.2 Å². The molecule has 0 saturated heterocycles. The molecule has 0 aliphatic heterocycles. The third-order valence-electron chi connectivity index (χ3n) is 1.25. The van der Waals surface area contributed by atoms with E-state index >= 15 is 0 Å². The Hall–Kier alpha value is -0.822. The van der Waals surface area contributed by atoms with Crippen LogP contribution in [0.1, 0.15) is 5.69 Å². The van der Waals surface area contributed by atoms with Crippen LogP contribution >= 0.6 is 0 Å². The molecule has 1 N–H and O–H groups in total. The number of aliphatic carboxylic acids is 1. The molecule has 4 heteroatoms. The fourth-order valence-corrected chi connectivity index (χ4v) is 2.27. The van der Waals surface area contributed by atoms with Crippen LogP contribution in [0.2, 0.25) is 5.21 Å². The molecule has 12 heavy (non-hydrogen) atoms. The third kappa shape index (κ3) is 3.53. The van der Waals surface area contributed by atoms with Crippen molar-refractivity contribution in [2.45, 2.75) is 10.4 Å². The molecule has 1 heterocycles. The summed E-state index contributed by atoms with van der Waals surface area (Å²) in [5.41, 5.74) is 0.999. The Morgan fingerprint density at radius 2 is 2.42 bits per heavy atom. The summed E-state index contributed by atoms with van der Waals surface area (Å²) in [6.07, 6.45) is 1.73. The first-order chi connectivity index (χ1) is 5.79. The van der Waals surface area contributed by atoms with Gasteiger partial charge in [-0.25, -0.2) is 0 Å². The van der Waals surface area contributed by atoms with Gasteiger partial charge in [-0.2, -0.15) is 0 Å². The first-order valence-corrected chi connectivity index (χ1v) is 6.19. The van der Waals surface area contributed by atoms with Crippen molar-refractivity contribution in [1.29, 1.82) is 0 Å². The summed E-state index contributed by atoms with van der Waals surface area (Å²) >= 11 is -0.121. The maximum atomic E-state index is 10.2. The molecule has 3 nitrogen and oxygen atoms in total. The van der Waals surface area contributed by atoms with Gasteiger partial charge in [0.05, 0.1) is 0 Å². The number of aromatic nitrogens is 1. The van der Waals surface area contributed by atoms with E-state index in [0.717, 1.165) is 10.9 Å². The van der Waals surface area contributed by atoms with E-state index < -0.39 is 5.97 Å². The molecule has 0 spiro atoms. The van der Waals surface area contributed by atoms with Crippen molar-refractivity contribution in [2.24, 2.45) is 0 Å². The van der Waals surface area contributed by atoms with Crippen LogP contribution in [0.15, 0.2) is 24.4 Å². The molecule has 0 fully saturated rings. The molecule has 0 amide bonds. The predicted molar refractivity (Wildman–Crippen MR) is 46.1 cm³/mol. The van der Waals surface area contributed by atoms with Crippen LogP contribution in [0, 0.1) is 0 Å². The minimum absolute atomic E-state index is 0.121. The molecule has 1 rings (SSSR count). The first-order valence-electron chi connectivity index (χ1n) is 3.54. The SMILES string of the molecule is O=C(O)C[As]Cc1ccccn1. The van der Waals surface area contributed by atoms with E-state index in [0.29, 0.717) is 5.21 Å². The van der Waals surface area contributed by atoms with Crippen LogP contribution in [0.4, 0.5) is 0 Å². The van der Waals surface area contributed by atoms with Crippen molar-refractivity contribution in [3.05, 3.63) is 30.1 Å². The molecule has 0 bridgehead atoms. The standard InChI is InChI=1S/C8H9AsNO2/c11-8(12)6-9-5-7-3-1-2-4-10-7/h1-4H,5-6H2,(H,11,12). The monoisotopic (exact) mass is 226 g/mol. The summed E-state index contributed by atoms with van der Waals surface area (Å²) in [6, 6.07) is 5.71. The van der Waals surface area contributed by atoms with Crippen LogP contribution in [0.25, 0.3) is 0 Å². The molecule has 1 radical (unpaired) electrons. The number of carboxylic acid groups (broad SMARTS) is 1. The minimum atomic E-state index is -0.703. The van der Waals surface area contributed by atoms with Gasteiger partial charge in [0.15, 0.2) is 0 Å². The van der Waals surface area contributed by atoms with Crippen LogP contribution in [0.3, 0.4) is 0 Å². The number of nitrogens with zero attached hydrogens (tertiary/aromatic N) is 1. The van der Waals surface area contributed by atoms with Crippen molar-refractivity contribution in [2.75, 3.05) is 0 Å². The Morgan fingerprint density at radius 1 is 1.58 bits per heavy atom. The summed E-state index contributed by atoms with van der Waals surface area (Å²) in [5, 5.41) is 9.54. The summed E-state index contributed by atoms with van der Waals surface area (Å²) in [5.74, 6) is -0.703. The number of hydrogen-bond donors (Lipinski definition) is 1. The molecule has 0 aliphatic carbocycles. The molecule has 63 valence electrons. The van der Waals surface area contributed by atoms with Gasteiger partial charge in [0.2, 0.25) is 0 Å². The number of carbonyl (C=O) groups is 1. The van der Waals surface area contributed by atoms with Crippen molar-refractivity contribution >= 4 is 21.7 Å². The van der Waals surface area contributed by atoms with Crippen LogP contribution in [-0.4, -0.2) is 31.8 Å². The fraction of sp³-hybridized carbons (Fsp3) is 0.250. The van der Waals surface area contributed by atoms with E-state index in [1.54, 1.807) is 6.20 Å². The summed E-state index contributed by atoms with van der Waals surface area (Å²) in [6.45, 7) is 0. The molecule has 0 aromatic carbocycles. The molecule has 1 aromatic rings. The van der Waals surface area contributed by atoms with Crippen molar-refractivity contribution in [3.63, 3.8) is 0 Å². The zero-order chi connectivity index (χ0) is 8.81. The molecule has 0 saturated carbocycles. The zero-order valence-electron chi connectivity index (χ0n) is 6.47. The third-order valence-corrected chi connectivity index (χ3v) is 3.43. The van der Waals surface area contributed by atoms with Gasteiger partial charge in [-0.1, -0.05) is 0 Å². The van der Waals surface area contributed by atoms with Crippen molar-refractivity contribution in [1.82, 2.24) is 4.98 Å². The topological polar surface area (TPSA) is 50.2 Å². The summed E-state index contributed by atoms with van der Waals surface area (Å²) in [7, 11) is 0. The number of rotatable bonds is 4. The number of hydrogen-bond acceptors (Lipinski definition) is 2. The predicted octanol–water partition coefficient (Wildman–Crippen LogP) is 0.789. The Bertz CT molecular complexity index is 250. The van der Waals surface area contributed by atoms with E-state index in [2.05, 4.69) is 4.98 Å². The average Bonchev–Trinajstić information content (AvgIpc) is 2.05. The number of pyridine rings is 1. The van der Waals surface area contributed by atoms with Gasteiger partial charge in [0, 0.05) is 0 Å². The van der Waals surface area contributed by atoms with Gasteiger partial charge >= 0.3 is 77.1 Å². The Balaban J connectivity index is 2.29. The second-order valence-corrected chi connectivity index (χ2v) is 4.52. The second kappa shape index (κ2) is 4.94. The molecular weight excluding hydrogens is 217 g/mol. The van der Waals surface area contributed by atoms with Gasteiger partial charge < -0.3 is 0 Å². The molecule has 1 aromatic heterocycles. The van der Waals surface area contributed by atoms with Gasteiger partial charge in [-0.3, -0.25) is 0 Å². The van der Waals surface area contributed by atoms with Gasteiger partial charge in [-0.05, 0) is 0 Å². The van der Waals surface area contributed by atoms with E-state index in [9.17, 15) is 4.79 Å². The van der Waals surface area contributed by atoms with Gasteiger partial charge in [-0.15, -0.1) is 0 Å². The Kier molecular flexibility index (Phi) is 3.81. The number of carboxylic acids is 1. The van der Waals surface area contributed by atoms with Crippen molar-refractivity contribution in [3.8, 4) is 0 Å². The normalized spacial score (nSPS) is 10.7. The quantitative estimate of drug-likeness (QED) is 0.772. The maximum absolute atomic E-state index is 10.2. The van der Waals surface area contributed by atoms with E-state index in [-0.39, 0.29) is 15.8 Å². The van der Waals surface area contributed by atoms with E-state index in [4.69, 9.17) is 5.11 Å². The van der Waals surface area contributed by atoms with Crippen LogP contribution in [-0.2, 0) is 10.0 Å². The van der Waals surface area contributed by atoms with Gasteiger partial charge in [0.25, 0.3) is 0 Å². The second-order valence-electron chi connectivity index (χ2n) is 2.25. The molecule has 0 atom stereocenters. The fourth-order valence-electron chi connectivity index (χ4n) is 0.758. The van der Waals surface area contributed by atoms with Crippen molar-refractivity contribution < 1.29 is 9.90 Å². The summed E-state index contributed by atoms with van der Waals surface area (Å²) in [4.78, 5) is 14.3. The van der Waals surface area contributed by atoms with Gasteiger partial charge in [0.1, 0.15) is 0 Å². The Morgan fingerprint density at radius 3 is 3.00 bits per heavy atom. The average molecular weight is 226 g/mol. The Labute approximate surface area is 77.5 Å². The molecule has 0 aliphatic rings. The molecular formula is C8H9AsNO2. The first kappa shape index (κ1) is 9.27. The van der Waals surface area contributed by atoms with E-state index in [1.165, 1.54) is 0 Å².